The van der Waals surface area contributed by atoms with E-state index in [1.807, 2.05) is 19.0 Å². The summed E-state index contributed by atoms with van der Waals surface area (Å²) >= 11 is 0. The quantitative estimate of drug-likeness (QED) is 0.558. The molecule has 0 aromatic rings. The molecule has 1 saturated heterocycles. The van der Waals surface area contributed by atoms with Gasteiger partial charge in [0, 0.05) is 19.6 Å². The molecule has 8 heteroatoms. The SMILES string of the molecule is CN(C)CCN[C@H]1CCCN(P(N)(N)=O)C1=O. The maximum Gasteiger partial charge on any atom is 0.302 e. The molecule has 0 bridgehead atoms. The van der Waals surface area contributed by atoms with Crippen LogP contribution < -0.4 is 16.3 Å². The van der Waals surface area contributed by atoms with Crippen molar-refractivity contribution < 1.29 is 9.36 Å². The van der Waals surface area contributed by atoms with Crippen LogP contribution in [0.15, 0.2) is 0 Å². The number of carbonyl (C=O) groups excluding carboxylic acids is 1. The molecule has 0 unspecified atom stereocenters. The van der Waals surface area contributed by atoms with Crippen molar-refractivity contribution in [2.24, 2.45) is 11.0 Å². The highest BCUT2D eigenvalue weighted by molar-refractivity contribution is 7.57. The van der Waals surface area contributed by atoms with E-state index in [4.69, 9.17) is 11.0 Å². The first-order chi connectivity index (χ1) is 7.82. The summed E-state index contributed by atoms with van der Waals surface area (Å²) < 4.78 is 12.6. The van der Waals surface area contributed by atoms with Gasteiger partial charge in [0.1, 0.15) is 0 Å². The number of nitrogens with zero attached hydrogens (tertiary/aromatic N) is 2. The lowest BCUT2D eigenvalue weighted by molar-refractivity contribution is -0.130. The number of piperidine rings is 1. The smallest absolute Gasteiger partial charge is 0.302 e. The first-order valence-electron chi connectivity index (χ1n) is 5.69. The summed E-state index contributed by atoms with van der Waals surface area (Å²) in [5.41, 5.74) is 10.7. The molecule has 100 valence electrons. The van der Waals surface area contributed by atoms with Crippen LogP contribution in [-0.4, -0.2) is 55.2 Å². The predicted molar refractivity (Wildman–Crippen MR) is 67.3 cm³/mol. The standard InChI is InChI=1S/C9H22N5O2P/c1-13(2)7-5-12-8-4-3-6-14(9(8)15)17(10,11)16/h8,12H,3-7H2,1-2H3,(H4,10,11,16)/t8-/m0/s1. The molecule has 17 heavy (non-hydrogen) atoms. The lowest BCUT2D eigenvalue weighted by atomic mass is 10.1. The average Bonchev–Trinajstić information content (AvgIpc) is 2.18. The Labute approximate surface area is 102 Å². The maximum absolute atomic E-state index is 12.0. The summed E-state index contributed by atoms with van der Waals surface area (Å²) in [4.78, 5) is 14.0. The zero-order valence-electron chi connectivity index (χ0n) is 10.4. The predicted octanol–water partition coefficient (Wildman–Crippen LogP) is -0.846. The topological polar surface area (TPSA) is 105 Å². The second-order valence-electron chi connectivity index (χ2n) is 4.59. The summed E-state index contributed by atoms with van der Waals surface area (Å²) in [6.07, 6.45) is 1.51. The Balaban J connectivity index is 2.51. The molecule has 1 rings (SSSR count). The van der Waals surface area contributed by atoms with E-state index < -0.39 is 7.59 Å². The lowest BCUT2D eigenvalue weighted by Gasteiger charge is -2.34. The van der Waals surface area contributed by atoms with Crippen molar-refractivity contribution in [1.82, 2.24) is 14.9 Å². The van der Waals surface area contributed by atoms with Crippen LogP contribution in [-0.2, 0) is 9.36 Å². The molecule has 0 radical (unpaired) electrons. The molecule has 1 fully saturated rings. The zero-order chi connectivity index (χ0) is 13.1. The summed E-state index contributed by atoms with van der Waals surface area (Å²) in [5.74, 6) is -0.247. The van der Waals surface area contributed by atoms with Crippen molar-refractivity contribution in [2.45, 2.75) is 18.9 Å². The first kappa shape index (κ1) is 14.6. The highest BCUT2D eigenvalue weighted by Gasteiger charge is 2.35. The fourth-order valence-electron chi connectivity index (χ4n) is 1.82. The molecule has 1 atom stereocenters. The third-order valence-electron chi connectivity index (χ3n) is 2.74. The van der Waals surface area contributed by atoms with Gasteiger partial charge in [-0.05, 0) is 26.9 Å². The number of hydrogen-bond donors (Lipinski definition) is 3. The van der Waals surface area contributed by atoms with E-state index in [9.17, 15) is 9.36 Å². The lowest BCUT2D eigenvalue weighted by Crippen LogP contribution is -2.52. The number of hydrogen-bond acceptors (Lipinski definition) is 4. The molecular weight excluding hydrogens is 241 g/mol. The number of likely N-dealkylation sites (N-methyl/N-ethyl adjacent to an activating group) is 1. The molecule has 0 aliphatic carbocycles. The van der Waals surface area contributed by atoms with E-state index in [2.05, 4.69) is 5.32 Å². The molecule has 0 spiro atoms. The van der Waals surface area contributed by atoms with Gasteiger partial charge in [0.05, 0.1) is 6.04 Å². The van der Waals surface area contributed by atoms with Crippen LogP contribution in [0.25, 0.3) is 0 Å². The fourth-order valence-corrected chi connectivity index (χ4v) is 2.72. The van der Waals surface area contributed by atoms with Gasteiger partial charge in [0.25, 0.3) is 0 Å². The maximum atomic E-state index is 12.0. The molecule has 7 nitrogen and oxygen atoms in total. The molecule has 0 saturated carbocycles. The van der Waals surface area contributed by atoms with E-state index in [-0.39, 0.29) is 11.9 Å². The minimum Gasteiger partial charge on any atom is -0.308 e. The van der Waals surface area contributed by atoms with Gasteiger partial charge in [-0.2, -0.15) is 0 Å². The Morgan fingerprint density at radius 3 is 2.71 bits per heavy atom. The number of carbonyl (C=O) groups is 1. The van der Waals surface area contributed by atoms with Crippen molar-refractivity contribution in [3.63, 3.8) is 0 Å². The highest BCUT2D eigenvalue weighted by Crippen LogP contribution is 2.35. The van der Waals surface area contributed by atoms with Crippen molar-refractivity contribution in [1.29, 1.82) is 0 Å². The fraction of sp³-hybridized carbons (Fsp3) is 0.889. The third-order valence-corrected chi connectivity index (χ3v) is 3.89. The molecular formula is C9H22N5O2P. The van der Waals surface area contributed by atoms with E-state index in [1.165, 1.54) is 0 Å². The highest BCUT2D eigenvalue weighted by atomic mass is 31.2. The monoisotopic (exact) mass is 263 g/mol. The molecule has 1 amide bonds. The normalized spacial score (nSPS) is 22.3. The number of nitrogens with one attached hydrogen (secondary N) is 1. The Hall–Kier alpha value is -0.460. The van der Waals surface area contributed by atoms with Gasteiger partial charge >= 0.3 is 7.59 Å². The summed E-state index contributed by atoms with van der Waals surface area (Å²) in [5, 5.41) is 3.14. The molecule has 0 aromatic carbocycles. The van der Waals surface area contributed by atoms with E-state index >= 15 is 0 Å². The van der Waals surface area contributed by atoms with E-state index in [0.717, 1.165) is 24.1 Å². The second-order valence-corrected chi connectivity index (χ2v) is 6.41. The molecule has 1 aliphatic rings. The van der Waals surface area contributed by atoms with Crippen LogP contribution in [0, 0.1) is 0 Å². The molecule has 1 heterocycles. The average molecular weight is 263 g/mol. The molecule has 0 aromatic heterocycles. The summed E-state index contributed by atoms with van der Waals surface area (Å²) in [7, 11) is 0.473. The second kappa shape index (κ2) is 5.93. The van der Waals surface area contributed by atoms with Crippen molar-refractivity contribution in [3.05, 3.63) is 0 Å². The van der Waals surface area contributed by atoms with Gasteiger partial charge in [-0.1, -0.05) is 0 Å². The van der Waals surface area contributed by atoms with Crippen LogP contribution in [0.5, 0.6) is 0 Å². The number of nitrogens with two attached hydrogens (primary N) is 2. The van der Waals surface area contributed by atoms with E-state index in [1.54, 1.807) is 0 Å². The molecule has 1 aliphatic heterocycles. The summed E-state index contributed by atoms with van der Waals surface area (Å²) in [6.45, 7) is 1.93. The Bertz CT molecular complexity index is 317. The van der Waals surface area contributed by atoms with Gasteiger partial charge in [0.15, 0.2) is 0 Å². The van der Waals surface area contributed by atoms with Crippen molar-refractivity contribution in [3.8, 4) is 0 Å². The van der Waals surface area contributed by atoms with Gasteiger partial charge in [0.2, 0.25) is 5.91 Å². The Morgan fingerprint density at radius 2 is 2.18 bits per heavy atom. The first-order valence-corrected chi connectivity index (χ1v) is 7.49. The largest absolute Gasteiger partial charge is 0.308 e. The van der Waals surface area contributed by atoms with Gasteiger partial charge in [-0.3, -0.25) is 25.0 Å². The van der Waals surface area contributed by atoms with Crippen molar-refractivity contribution >= 4 is 13.5 Å². The van der Waals surface area contributed by atoms with Gasteiger partial charge in [-0.25, -0.2) is 0 Å². The minimum atomic E-state index is -3.45. The van der Waals surface area contributed by atoms with Crippen LogP contribution >= 0.6 is 7.59 Å². The zero-order valence-corrected chi connectivity index (χ0v) is 11.3. The summed E-state index contributed by atoms with van der Waals surface area (Å²) in [6, 6.07) is -0.316. The van der Waals surface area contributed by atoms with Crippen LogP contribution in [0.3, 0.4) is 0 Å². The van der Waals surface area contributed by atoms with Crippen LogP contribution in [0.2, 0.25) is 0 Å². The van der Waals surface area contributed by atoms with Gasteiger partial charge in [-0.15, -0.1) is 0 Å². The van der Waals surface area contributed by atoms with E-state index in [0.29, 0.717) is 13.1 Å². The Kier molecular flexibility index (Phi) is 5.09. The van der Waals surface area contributed by atoms with Gasteiger partial charge < -0.3 is 10.2 Å². The van der Waals surface area contributed by atoms with Crippen LogP contribution in [0.1, 0.15) is 12.8 Å². The number of amides is 1. The van der Waals surface area contributed by atoms with Crippen LogP contribution in [0.4, 0.5) is 0 Å². The van der Waals surface area contributed by atoms with Crippen molar-refractivity contribution in [2.75, 3.05) is 33.7 Å². The molecule has 5 N–H and O–H groups in total. The minimum absolute atomic E-state index is 0.247. The Morgan fingerprint density at radius 1 is 1.53 bits per heavy atom. The number of rotatable bonds is 5. The third kappa shape index (κ3) is 4.37.